The molecule has 27 heavy (non-hydrogen) atoms. The number of urea groups is 1. The van der Waals surface area contributed by atoms with Crippen LogP contribution in [0.25, 0.3) is 11.1 Å². The molecule has 2 amide bonds. The second-order valence-corrected chi connectivity index (χ2v) is 8.08. The molecule has 1 aromatic heterocycles. The predicted octanol–water partition coefficient (Wildman–Crippen LogP) is 3.45. The molecule has 1 aromatic carbocycles. The van der Waals surface area contributed by atoms with Gasteiger partial charge in [0.05, 0.1) is 0 Å². The summed E-state index contributed by atoms with van der Waals surface area (Å²) in [5.74, 6) is 1.61. The van der Waals surface area contributed by atoms with Gasteiger partial charge in [-0.15, -0.1) is 0 Å². The van der Waals surface area contributed by atoms with Crippen LogP contribution in [0.5, 0.6) is 0 Å². The summed E-state index contributed by atoms with van der Waals surface area (Å²) >= 11 is 0. The first-order valence-electron chi connectivity index (χ1n) is 10.3. The van der Waals surface area contributed by atoms with Crippen molar-refractivity contribution in [3.63, 3.8) is 0 Å². The number of para-hydroxylation sites is 2. The molecule has 2 aliphatic rings. The van der Waals surface area contributed by atoms with Gasteiger partial charge in [-0.2, -0.15) is 0 Å². The predicted molar refractivity (Wildman–Crippen MR) is 106 cm³/mol. The molecule has 0 aliphatic carbocycles. The molecule has 2 fully saturated rings. The highest BCUT2D eigenvalue weighted by Gasteiger charge is 2.27. The van der Waals surface area contributed by atoms with Crippen molar-refractivity contribution in [2.24, 2.45) is 5.92 Å². The minimum atomic E-state index is 0.0688. The van der Waals surface area contributed by atoms with Gasteiger partial charge in [-0.1, -0.05) is 19.1 Å². The standard InChI is InChI=1S/C21H30N4O2/c1-16(15-24-10-4-5-11-24)14-22-21(26)25-12-8-17(9-13-25)20-23-18-6-2-3-7-19(18)27-20/h2-3,6-7,16-17H,4-5,8-15H2,1H3,(H,22,26). The number of piperidine rings is 1. The number of hydrogen-bond donors (Lipinski definition) is 1. The third kappa shape index (κ3) is 4.43. The third-order valence-electron chi connectivity index (χ3n) is 5.81. The molecular formula is C21H30N4O2. The third-order valence-corrected chi connectivity index (χ3v) is 5.81. The number of carbonyl (C=O) groups is 1. The van der Waals surface area contributed by atoms with E-state index in [9.17, 15) is 4.79 Å². The van der Waals surface area contributed by atoms with E-state index in [0.29, 0.717) is 11.8 Å². The van der Waals surface area contributed by atoms with Gasteiger partial charge in [0.2, 0.25) is 0 Å². The molecule has 6 nitrogen and oxygen atoms in total. The molecule has 1 atom stereocenters. The van der Waals surface area contributed by atoms with Gasteiger partial charge in [0.15, 0.2) is 11.5 Å². The molecule has 3 heterocycles. The zero-order valence-electron chi connectivity index (χ0n) is 16.2. The van der Waals surface area contributed by atoms with E-state index in [2.05, 4.69) is 22.1 Å². The average molecular weight is 370 g/mol. The Morgan fingerprint density at radius 2 is 1.96 bits per heavy atom. The largest absolute Gasteiger partial charge is 0.440 e. The Labute approximate surface area is 160 Å². The molecule has 146 valence electrons. The molecule has 1 unspecified atom stereocenters. The first-order chi connectivity index (χ1) is 13.2. The summed E-state index contributed by atoms with van der Waals surface area (Å²) in [6.07, 6.45) is 4.44. The van der Waals surface area contributed by atoms with Gasteiger partial charge >= 0.3 is 6.03 Å². The van der Waals surface area contributed by atoms with Crippen LogP contribution in [0.2, 0.25) is 0 Å². The number of oxazole rings is 1. The SMILES string of the molecule is CC(CNC(=O)N1CCC(c2nc3ccccc3o2)CC1)CN1CCCC1. The second-order valence-electron chi connectivity index (χ2n) is 8.08. The summed E-state index contributed by atoms with van der Waals surface area (Å²) in [7, 11) is 0. The fourth-order valence-electron chi connectivity index (χ4n) is 4.24. The highest BCUT2D eigenvalue weighted by Crippen LogP contribution is 2.29. The Kier molecular flexibility index (Phi) is 5.62. The number of carbonyl (C=O) groups excluding carboxylic acids is 1. The Bertz CT molecular complexity index is 727. The number of likely N-dealkylation sites (tertiary alicyclic amines) is 2. The zero-order valence-corrected chi connectivity index (χ0v) is 16.2. The summed E-state index contributed by atoms with van der Waals surface area (Å²) < 4.78 is 5.91. The first-order valence-corrected chi connectivity index (χ1v) is 10.3. The van der Waals surface area contributed by atoms with Gasteiger partial charge in [0.25, 0.3) is 0 Å². The maximum Gasteiger partial charge on any atom is 0.317 e. The van der Waals surface area contributed by atoms with Crippen molar-refractivity contribution in [1.82, 2.24) is 20.1 Å². The number of amides is 2. The highest BCUT2D eigenvalue weighted by molar-refractivity contribution is 5.74. The maximum absolute atomic E-state index is 12.5. The Morgan fingerprint density at radius 1 is 1.22 bits per heavy atom. The van der Waals surface area contributed by atoms with Crippen LogP contribution in [0.1, 0.15) is 44.4 Å². The lowest BCUT2D eigenvalue weighted by Gasteiger charge is -2.31. The molecule has 0 bridgehead atoms. The average Bonchev–Trinajstić information content (AvgIpc) is 3.35. The van der Waals surface area contributed by atoms with E-state index in [-0.39, 0.29) is 6.03 Å². The molecular weight excluding hydrogens is 340 g/mol. The van der Waals surface area contributed by atoms with E-state index < -0.39 is 0 Å². The molecule has 2 aromatic rings. The van der Waals surface area contributed by atoms with Crippen molar-refractivity contribution in [1.29, 1.82) is 0 Å². The van der Waals surface area contributed by atoms with Crippen LogP contribution in [-0.2, 0) is 0 Å². The summed E-state index contributed by atoms with van der Waals surface area (Å²) in [6, 6.07) is 7.95. The first kappa shape index (κ1) is 18.3. The lowest BCUT2D eigenvalue weighted by molar-refractivity contribution is 0.174. The van der Waals surface area contributed by atoms with Crippen LogP contribution >= 0.6 is 0 Å². The van der Waals surface area contributed by atoms with Gasteiger partial charge in [-0.05, 0) is 56.8 Å². The van der Waals surface area contributed by atoms with E-state index in [4.69, 9.17) is 4.42 Å². The summed E-state index contributed by atoms with van der Waals surface area (Å²) in [5, 5.41) is 3.12. The number of nitrogens with zero attached hydrogens (tertiary/aromatic N) is 3. The van der Waals surface area contributed by atoms with E-state index >= 15 is 0 Å². The van der Waals surface area contributed by atoms with Crippen molar-refractivity contribution in [3.05, 3.63) is 30.2 Å². The van der Waals surface area contributed by atoms with Crippen LogP contribution in [0.3, 0.4) is 0 Å². The summed E-state index contributed by atoms with van der Waals surface area (Å²) in [4.78, 5) is 21.5. The van der Waals surface area contributed by atoms with Crippen LogP contribution in [-0.4, -0.2) is 60.1 Å². The van der Waals surface area contributed by atoms with Gasteiger partial charge < -0.3 is 19.5 Å². The molecule has 6 heteroatoms. The minimum absolute atomic E-state index is 0.0688. The Morgan fingerprint density at radius 3 is 2.70 bits per heavy atom. The number of hydrogen-bond acceptors (Lipinski definition) is 4. The second kappa shape index (κ2) is 8.30. The Balaban J connectivity index is 1.23. The van der Waals surface area contributed by atoms with Crippen molar-refractivity contribution in [2.45, 2.75) is 38.5 Å². The van der Waals surface area contributed by atoms with Gasteiger partial charge in [-0.3, -0.25) is 0 Å². The smallest absolute Gasteiger partial charge is 0.317 e. The number of benzene rings is 1. The lowest BCUT2D eigenvalue weighted by Crippen LogP contribution is -2.46. The van der Waals surface area contributed by atoms with Gasteiger partial charge in [-0.25, -0.2) is 9.78 Å². The van der Waals surface area contributed by atoms with Crippen LogP contribution in [0.4, 0.5) is 4.79 Å². The van der Waals surface area contributed by atoms with E-state index in [1.807, 2.05) is 29.2 Å². The fourth-order valence-corrected chi connectivity index (χ4v) is 4.24. The number of fused-ring (bicyclic) bond motifs is 1. The molecule has 2 saturated heterocycles. The minimum Gasteiger partial charge on any atom is -0.440 e. The van der Waals surface area contributed by atoms with Gasteiger partial charge in [0.1, 0.15) is 5.52 Å². The Hall–Kier alpha value is -2.08. The zero-order chi connectivity index (χ0) is 18.6. The highest BCUT2D eigenvalue weighted by atomic mass is 16.3. The van der Waals surface area contributed by atoms with Crippen molar-refractivity contribution in [3.8, 4) is 0 Å². The van der Waals surface area contributed by atoms with Crippen LogP contribution in [0.15, 0.2) is 28.7 Å². The van der Waals surface area contributed by atoms with Crippen LogP contribution in [0, 0.1) is 5.92 Å². The van der Waals surface area contributed by atoms with Gasteiger partial charge in [0, 0.05) is 32.1 Å². The number of aromatic nitrogens is 1. The van der Waals surface area contributed by atoms with Crippen molar-refractivity contribution >= 4 is 17.1 Å². The van der Waals surface area contributed by atoms with E-state index in [1.54, 1.807) is 0 Å². The maximum atomic E-state index is 12.5. The number of rotatable bonds is 5. The van der Waals surface area contributed by atoms with E-state index in [1.165, 1.54) is 25.9 Å². The number of nitrogens with one attached hydrogen (secondary N) is 1. The lowest BCUT2D eigenvalue weighted by atomic mass is 9.97. The summed E-state index contributed by atoms with van der Waals surface area (Å²) in [6.45, 7) is 7.99. The van der Waals surface area contributed by atoms with Crippen molar-refractivity contribution in [2.75, 3.05) is 39.3 Å². The molecule has 0 spiro atoms. The normalized spacial score (nSPS) is 20.3. The molecule has 2 aliphatic heterocycles. The van der Waals surface area contributed by atoms with E-state index in [0.717, 1.165) is 56.0 Å². The van der Waals surface area contributed by atoms with Crippen LogP contribution < -0.4 is 5.32 Å². The summed E-state index contributed by atoms with van der Waals surface area (Å²) in [5.41, 5.74) is 1.76. The molecule has 4 rings (SSSR count). The topological polar surface area (TPSA) is 61.6 Å². The molecule has 0 radical (unpaired) electrons. The monoisotopic (exact) mass is 370 g/mol. The van der Waals surface area contributed by atoms with Crippen molar-refractivity contribution < 1.29 is 9.21 Å². The fraction of sp³-hybridized carbons (Fsp3) is 0.619. The molecule has 1 N–H and O–H groups in total. The molecule has 0 saturated carbocycles. The quantitative estimate of drug-likeness (QED) is 0.876.